The van der Waals surface area contributed by atoms with Crippen molar-refractivity contribution in [1.29, 1.82) is 0 Å². The minimum atomic E-state index is -4.62. The van der Waals surface area contributed by atoms with Crippen molar-refractivity contribution in [3.05, 3.63) is 113 Å². The van der Waals surface area contributed by atoms with E-state index in [0.717, 1.165) is 30.0 Å². The van der Waals surface area contributed by atoms with Crippen LogP contribution in [0.2, 0.25) is 0 Å². The van der Waals surface area contributed by atoms with Gasteiger partial charge in [0.05, 0.1) is 30.2 Å². The average molecular weight is 525 g/mol. The fourth-order valence-corrected chi connectivity index (χ4v) is 4.28. The quantitative estimate of drug-likeness (QED) is 0.229. The number of nitrogens with one attached hydrogen (secondary N) is 1. The third-order valence-electron chi connectivity index (χ3n) is 6.52. The van der Waals surface area contributed by atoms with Crippen LogP contribution in [0.5, 0.6) is 0 Å². The number of nitrogens with two attached hydrogens (primary N) is 1. The van der Waals surface area contributed by atoms with Gasteiger partial charge in [0.2, 0.25) is 0 Å². The van der Waals surface area contributed by atoms with Crippen LogP contribution in [0.15, 0.2) is 78.9 Å². The number of halogens is 4. The first-order valence-corrected chi connectivity index (χ1v) is 12.5. The van der Waals surface area contributed by atoms with Crippen molar-refractivity contribution in [3.63, 3.8) is 0 Å². The Morgan fingerprint density at radius 3 is 2.45 bits per heavy atom. The molecule has 4 aromatic rings. The molecule has 198 valence electrons. The highest BCUT2D eigenvalue weighted by molar-refractivity contribution is 5.48. The lowest BCUT2D eigenvalue weighted by Crippen LogP contribution is -2.11. The van der Waals surface area contributed by atoms with E-state index in [1.165, 1.54) is 10.7 Å². The maximum atomic E-state index is 15.2. The van der Waals surface area contributed by atoms with E-state index in [1.807, 2.05) is 30.3 Å². The van der Waals surface area contributed by atoms with Crippen LogP contribution in [0.4, 0.5) is 23.2 Å². The van der Waals surface area contributed by atoms with Crippen LogP contribution in [0.1, 0.15) is 47.0 Å². The summed E-state index contributed by atoms with van der Waals surface area (Å²) >= 11 is 0. The molecule has 1 fully saturated rings. The molecule has 1 atom stereocenters. The lowest BCUT2D eigenvalue weighted by molar-refractivity contribution is -0.141. The first-order chi connectivity index (χ1) is 18.3. The molecule has 1 aliphatic carbocycles. The van der Waals surface area contributed by atoms with Gasteiger partial charge >= 0.3 is 6.18 Å². The number of benzene rings is 3. The lowest BCUT2D eigenvalue weighted by Gasteiger charge is -2.20. The second kappa shape index (κ2) is 11.0. The molecule has 0 spiro atoms. The second-order valence-electron chi connectivity index (χ2n) is 9.46. The minimum absolute atomic E-state index is 0.0769. The maximum Gasteiger partial charge on any atom is 0.435 e. The van der Waals surface area contributed by atoms with Crippen molar-refractivity contribution in [2.45, 2.75) is 38.2 Å². The largest absolute Gasteiger partial charge is 0.435 e. The zero-order valence-electron chi connectivity index (χ0n) is 20.6. The third kappa shape index (κ3) is 6.06. The molecular weight excluding hydrogens is 496 g/mol. The van der Waals surface area contributed by atoms with Gasteiger partial charge in [-0.25, -0.2) is 9.07 Å². The molecule has 3 N–H and O–H groups in total. The highest BCUT2D eigenvalue weighted by Gasteiger charge is 2.35. The Hall–Kier alpha value is -3.69. The monoisotopic (exact) mass is 524 g/mol. The third-order valence-corrected chi connectivity index (χ3v) is 6.52. The number of hydrogen-bond acceptors (Lipinski definition) is 4. The number of anilines is 1. The topological polar surface area (TPSA) is 65.1 Å². The summed E-state index contributed by atoms with van der Waals surface area (Å²) < 4.78 is 63.0. The fraction of sp³-hybridized carbons (Fsp3) is 0.276. The van der Waals surface area contributed by atoms with Crippen LogP contribution in [-0.4, -0.2) is 16.4 Å². The van der Waals surface area contributed by atoms with Crippen LogP contribution in [-0.2, 0) is 24.0 Å². The van der Waals surface area contributed by atoms with Crippen LogP contribution in [0.3, 0.4) is 0 Å². The van der Waals surface area contributed by atoms with E-state index in [9.17, 15) is 13.2 Å². The van der Waals surface area contributed by atoms with Gasteiger partial charge in [0.25, 0.3) is 0 Å². The summed E-state index contributed by atoms with van der Waals surface area (Å²) in [5, 5.41) is 6.70. The van der Waals surface area contributed by atoms with Gasteiger partial charge in [-0.05, 0) is 65.8 Å². The maximum absolute atomic E-state index is 15.2. The van der Waals surface area contributed by atoms with Gasteiger partial charge in [0.15, 0.2) is 5.69 Å². The molecule has 1 heterocycles. The predicted octanol–water partition coefficient (Wildman–Crippen LogP) is 6.62. The fourth-order valence-electron chi connectivity index (χ4n) is 4.28. The van der Waals surface area contributed by atoms with Crippen molar-refractivity contribution in [3.8, 4) is 5.69 Å². The molecule has 1 unspecified atom stereocenters. The molecule has 5 rings (SSSR count). The van der Waals surface area contributed by atoms with Gasteiger partial charge in [-0.1, -0.05) is 48.5 Å². The van der Waals surface area contributed by atoms with Crippen molar-refractivity contribution in [1.82, 2.24) is 9.78 Å². The molecule has 38 heavy (non-hydrogen) atoms. The molecule has 1 aromatic heterocycles. The molecule has 0 saturated heterocycles. The normalized spacial score (nSPS) is 14.4. The Bertz CT molecular complexity index is 1380. The summed E-state index contributed by atoms with van der Waals surface area (Å²) in [6, 6.07) is 22.2. The average Bonchev–Trinajstić information content (AvgIpc) is 3.64. The molecule has 0 radical (unpaired) electrons. The van der Waals surface area contributed by atoms with Gasteiger partial charge in [0.1, 0.15) is 11.9 Å². The van der Waals surface area contributed by atoms with Crippen LogP contribution < -0.4 is 11.1 Å². The van der Waals surface area contributed by atoms with E-state index in [4.69, 9.17) is 10.5 Å². The SMILES string of the molecule is NCc1cccc(-n2nc(C(F)(F)F)cc2CNc2ccc(C(OCC3CC3)c3ccccc3)cc2F)c1. The number of ether oxygens (including phenoxy) is 1. The molecule has 1 saturated carbocycles. The highest BCUT2D eigenvalue weighted by Crippen LogP contribution is 2.35. The van der Waals surface area contributed by atoms with Gasteiger partial charge in [-0.15, -0.1) is 0 Å². The number of hydrogen-bond donors (Lipinski definition) is 2. The van der Waals surface area contributed by atoms with E-state index >= 15 is 4.39 Å². The summed E-state index contributed by atoms with van der Waals surface area (Å²) in [6.45, 7) is 0.769. The van der Waals surface area contributed by atoms with Gasteiger partial charge in [0, 0.05) is 6.54 Å². The van der Waals surface area contributed by atoms with Crippen molar-refractivity contribution in [2.75, 3.05) is 11.9 Å². The number of rotatable bonds is 10. The Labute approximate surface area is 218 Å². The Balaban J connectivity index is 1.38. The van der Waals surface area contributed by atoms with Gasteiger partial charge < -0.3 is 15.8 Å². The zero-order valence-corrected chi connectivity index (χ0v) is 20.6. The molecule has 0 bridgehead atoms. The Kier molecular flexibility index (Phi) is 7.49. The van der Waals surface area contributed by atoms with E-state index < -0.39 is 23.8 Å². The first kappa shape index (κ1) is 25.9. The van der Waals surface area contributed by atoms with E-state index in [1.54, 1.807) is 36.4 Å². The van der Waals surface area contributed by atoms with Crippen LogP contribution in [0.25, 0.3) is 5.69 Å². The molecule has 9 heteroatoms. The predicted molar refractivity (Wildman–Crippen MR) is 137 cm³/mol. The zero-order chi connectivity index (χ0) is 26.7. The molecule has 5 nitrogen and oxygen atoms in total. The van der Waals surface area contributed by atoms with Gasteiger partial charge in [-0.3, -0.25) is 0 Å². The van der Waals surface area contributed by atoms with Crippen molar-refractivity contribution >= 4 is 5.69 Å². The van der Waals surface area contributed by atoms with Crippen molar-refractivity contribution in [2.24, 2.45) is 11.7 Å². The second-order valence-corrected chi connectivity index (χ2v) is 9.46. The number of alkyl halides is 3. The summed E-state index contributed by atoms with van der Waals surface area (Å²) in [5.41, 5.74) is 7.85. The van der Waals surface area contributed by atoms with Crippen LogP contribution in [0, 0.1) is 11.7 Å². The molecule has 3 aromatic carbocycles. The summed E-state index contributed by atoms with van der Waals surface area (Å²) in [5.74, 6) is 0.0228. The number of aromatic nitrogens is 2. The molecule has 0 amide bonds. The van der Waals surface area contributed by atoms with E-state index in [-0.39, 0.29) is 24.5 Å². The van der Waals surface area contributed by atoms with E-state index in [2.05, 4.69) is 10.4 Å². The Morgan fingerprint density at radius 1 is 0.974 bits per heavy atom. The number of nitrogens with zero attached hydrogens (tertiary/aromatic N) is 2. The lowest BCUT2D eigenvalue weighted by atomic mass is 10.0. The highest BCUT2D eigenvalue weighted by atomic mass is 19.4. The Morgan fingerprint density at radius 2 is 1.76 bits per heavy atom. The van der Waals surface area contributed by atoms with Crippen LogP contribution >= 0.6 is 0 Å². The first-order valence-electron chi connectivity index (χ1n) is 12.5. The minimum Gasteiger partial charge on any atom is -0.377 e. The smallest absolute Gasteiger partial charge is 0.377 e. The molecule has 0 aliphatic heterocycles. The summed E-state index contributed by atoms with van der Waals surface area (Å²) in [4.78, 5) is 0. The van der Waals surface area contributed by atoms with Crippen molar-refractivity contribution < 1.29 is 22.3 Å². The molecule has 1 aliphatic rings. The summed E-state index contributed by atoms with van der Waals surface area (Å²) in [7, 11) is 0. The van der Waals surface area contributed by atoms with Gasteiger partial charge in [-0.2, -0.15) is 18.3 Å². The van der Waals surface area contributed by atoms with E-state index in [0.29, 0.717) is 23.8 Å². The molecular formula is C29H28F4N4O. The standard InChI is InChI=1S/C29H28F4N4O/c30-25-14-22(28(38-18-19-9-10-19)21-6-2-1-3-7-21)11-12-26(25)35-17-24-15-27(29(31,32)33)36-37(24)23-8-4-5-20(13-23)16-34/h1-8,11-15,19,28,35H,9-10,16-18,34H2. The summed E-state index contributed by atoms with van der Waals surface area (Å²) in [6.07, 6.45) is -2.75.